The van der Waals surface area contributed by atoms with Crippen molar-refractivity contribution in [2.75, 3.05) is 7.05 Å². The molecule has 1 amide bonds. The van der Waals surface area contributed by atoms with Crippen molar-refractivity contribution in [1.82, 2.24) is 15.1 Å². The number of carbonyl (C=O) groups is 1. The fraction of sp³-hybridized carbons (Fsp3) is 0.176. The van der Waals surface area contributed by atoms with Crippen molar-refractivity contribution in [1.29, 1.82) is 0 Å². The van der Waals surface area contributed by atoms with Gasteiger partial charge in [-0.2, -0.15) is 5.10 Å². The van der Waals surface area contributed by atoms with Gasteiger partial charge in [0.2, 0.25) is 0 Å². The van der Waals surface area contributed by atoms with E-state index in [9.17, 15) is 4.79 Å². The van der Waals surface area contributed by atoms with E-state index in [-0.39, 0.29) is 5.91 Å². The second kappa shape index (κ2) is 5.93. The third kappa shape index (κ3) is 2.90. The van der Waals surface area contributed by atoms with Gasteiger partial charge in [-0.15, -0.1) is 0 Å². The Hall–Kier alpha value is -2.14. The maximum Gasteiger partial charge on any atom is 0.275 e. The average molecular weight is 358 g/mol. The summed E-state index contributed by atoms with van der Waals surface area (Å²) in [6, 6.07) is 13.9. The lowest BCUT2D eigenvalue weighted by molar-refractivity contribution is 0.0781. The topological polar surface area (TPSA) is 49.0 Å². The minimum atomic E-state index is -0.0835. The van der Waals surface area contributed by atoms with Crippen LogP contribution in [0.4, 0.5) is 0 Å². The van der Waals surface area contributed by atoms with E-state index in [1.54, 1.807) is 11.9 Å². The zero-order valence-electron chi connectivity index (χ0n) is 12.4. The van der Waals surface area contributed by atoms with Crippen LogP contribution in [0.2, 0.25) is 0 Å². The summed E-state index contributed by atoms with van der Waals surface area (Å²) in [7, 11) is 1.79. The molecule has 1 heterocycles. The standard InChI is InChI=1S/C17H16BrN3O/c1-11-3-8-15-14(9-11)16(20-19-15)17(22)21(2)10-12-4-6-13(18)7-5-12/h3-9H,10H2,1-2H3,(H,19,20). The summed E-state index contributed by atoms with van der Waals surface area (Å²) >= 11 is 3.41. The number of aromatic nitrogens is 2. The lowest BCUT2D eigenvalue weighted by Crippen LogP contribution is -2.26. The zero-order valence-corrected chi connectivity index (χ0v) is 14.0. The van der Waals surface area contributed by atoms with Gasteiger partial charge in [0.05, 0.1) is 5.52 Å². The molecule has 0 aliphatic carbocycles. The van der Waals surface area contributed by atoms with Crippen LogP contribution in [0, 0.1) is 6.92 Å². The lowest BCUT2D eigenvalue weighted by Gasteiger charge is -2.16. The van der Waals surface area contributed by atoms with Crippen molar-refractivity contribution in [2.24, 2.45) is 0 Å². The van der Waals surface area contributed by atoms with Crippen LogP contribution in [-0.2, 0) is 6.54 Å². The second-order valence-electron chi connectivity index (χ2n) is 5.41. The van der Waals surface area contributed by atoms with Gasteiger partial charge in [-0.05, 0) is 36.8 Å². The molecule has 2 aromatic carbocycles. The number of carbonyl (C=O) groups excluding carboxylic acids is 1. The van der Waals surface area contributed by atoms with Gasteiger partial charge in [-0.25, -0.2) is 0 Å². The molecule has 5 heteroatoms. The highest BCUT2D eigenvalue weighted by Crippen LogP contribution is 2.19. The van der Waals surface area contributed by atoms with E-state index in [1.165, 1.54) is 0 Å². The molecule has 0 bridgehead atoms. The van der Waals surface area contributed by atoms with E-state index in [2.05, 4.69) is 26.1 Å². The molecule has 112 valence electrons. The molecular formula is C17H16BrN3O. The van der Waals surface area contributed by atoms with Crippen molar-refractivity contribution >= 4 is 32.7 Å². The van der Waals surface area contributed by atoms with E-state index >= 15 is 0 Å². The Labute approximate surface area is 137 Å². The molecule has 1 aromatic heterocycles. The molecule has 0 saturated heterocycles. The van der Waals surface area contributed by atoms with Crippen LogP contribution >= 0.6 is 15.9 Å². The smallest absolute Gasteiger partial charge is 0.275 e. The predicted molar refractivity (Wildman–Crippen MR) is 90.8 cm³/mol. The first-order valence-corrected chi connectivity index (χ1v) is 7.78. The Balaban J connectivity index is 1.85. The molecule has 0 aliphatic rings. The fourth-order valence-corrected chi connectivity index (χ4v) is 2.67. The van der Waals surface area contributed by atoms with E-state index in [0.29, 0.717) is 12.2 Å². The summed E-state index contributed by atoms with van der Waals surface area (Å²) in [5, 5.41) is 7.98. The highest BCUT2D eigenvalue weighted by atomic mass is 79.9. The number of aryl methyl sites for hydroxylation is 1. The molecule has 0 atom stereocenters. The molecule has 0 saturated carbocycles. The summed E-state index contributed by atoms with van der Waals surface area (Å²) in [6.45, 7) is 2.55. The first kappa shape index (κ1) is 14.8. The van der Waals surface area contributed by atoms with E-state index < -0.39 is 0 Å². The molecule has 3 aromatic rings. The molecular weight excluding hydrogens is 342 g/mol. The minimum absolute atomic E-state index is 0.0835. The fourth-order valence-electron chi connectivity index (χ4n) is 2.41. The van der Waals surface area contributed by atoms with E-state index in [1.807, 2.05) is 49.4 Å². The van der Waals surface area contributed by atoms with Gasteiger partial charge >= 0.3 is 0 Å². The third-order valence-corrected chi connectivity index (χ3v) is 4.13. The van der Waals surface area contributed by atoms with Crippen LogP contribution in [0.1, 0.15) is 21.6 Å². The van der Waals surface area contributed by atoms with Crippen molar-refractivity contribution in [3.8, 4) is 0 Å². The number of nitrogens with zero attached hydrogens (tertiary/aromatic N) is 2. The second-order valence-corrected chi connectivity index (χ2v) is 6.32. The van der Waals surface area contributed by atoms with Crippen molar-refractivity contribution in [3.63, 3.8) is 0 Å². The average Bonchev–Trinajstić information content (AvgIpc) is 2.91. The number of H-pyrrole nitrogens is 1. The van der Waals surface area contributed by atoms with Crippen LogP contribution in [0.15, 0.2) is 46.9 Å². The highest BCUT2D eigenvalue weighted by molar-refractivity contribution is 9.10. The summed E-state index contributed by atoms with van der Waals surface area (Å²) in [5.74, 6) is -0.0835. The Kier molecular flexibility index (Phi) is 3.98. The van der Waals surface area contributed by atoms with Crippen molar-refractivity contribution in [2.45, 2.75) is 13.5 Å². The number of rotatable bonds is 3. The molecule has 0 unspecified atom stereocenters. The highest BCUT2D eigenvalue weighted by Gasteiger charge is 2.18. The Morgan fingerprint density at radius 2 is 1.95 bits per heavy atom. The summed E-state index contributed by atoms with van der Waals surface area (Å²) in [5.41, 5.74) is 3.54. The Bertz CT molecular complexity index is 824. The normalized spacial score (nSPS) is 10.9. The maximum atomic E-state index is 12.6. The molecule has 22 heavy (non-hydrogen) atoms. The summed E-state index contributed by atoms with van der Waals surface area (Å²) < 4.78 is 1.03. The first-order chi connectivity index (χ1) is 10.5. The number of benzene rings is 2. The predicted octanol–water partition coefficient (Wildman–Crippen LogP) is 3.91. The number of amides is 1. The molecule has 0 radical (unpaired) electrons. The number of hydrogen-bond donors (Lipinski definition) is 1. The van der Waals surface area contributed by atoms with E-state index in [4.69, 9.17) is 0 Å². The van der Waals surface area contributed by atoms with Crippen LogP contribution in [0.5, 0.6) is 0 Å². The zero-order chi connectivity index (χ0) is 15.7. The molecule has 0 fully saturated rings. The quantitative estimate of drug-likeness (QED) is 0.772. The van der Waals surface area contributed by atoms with Gasteiger partial charge < -0.3 is 4.90 Å². The number of hydrogen-bond acceptors (Lipinski definition) is 2. The molecule has 0 aliphatic heterocycles. The molecule has 3 rings (SSSR count). The number of halogens is 1. The van der Waals surface area contributed by atoms with Gasteiger partial charge in [0, 0.05) is 23.5 Å². The van der Waals surface area contributed by atoms with Crippen LogP contribution < -0.4 is 0 Å². The monoisotopic (exact) mass is 357 g/mol. The van der Waals surface area contributed by atoms with Gasteiger partial charge in [0.25, 0.3) is 5.91 Å². The first-order valence-electron chi connectivity index (χ1n) is 6.99. The van der Waals surface area contributed by atoms with Gasteiger partial charge in [0.15, 0.2) is 5.69 Å². The SMILES string of the molecule is Cc1ccc2[nH]nc(C(=O)N(C)Cc3ccc(Br)cc3)c2c1. The third-order valence-electron chi connectivity index (χ3n) is 3.60. The molecule has 4 nitrogen and oxygen atoms in total. The van der Waals surface area contributed by atoms with Gasteiger partial charge in [-0.3, -0.25) is 9.89 Å². The van der Waals surface area contributed by atoms with E-state index in [0.717, 1.165) is 26.5 Å². The molecule has 1 N–H and O–H groups in total. The maximum absolute atomic E-state index is 12.6. The summed E-state index contributed by atoms with van der Waals surface area (Å²) in [6.07, 6.45) is 0. The van der Waals surface area contributed by atoms with Crippen LogP contribution in [-0.4, -0.2) is 28.1 Å². The lowest BCUT2D eigenvalue weighted by atomic mass is 10.1. The van der Waals surface area contributed by atoms with Crippen LogP contribution in [0.25, 0.3) is 10.9 Å². The molecule has 0 spiro atoms. The number of aromatic amines is 1. The largest absolute Gasteiger partial charge is 0.336 e. The number of fused-ring (bicyclic) bond motifs is 1. The minimum Gasteiger partial charge on any atom is -0.336 e. The Morgan fingerprint density at radius 1 is 1.23 bits per heavy atom. The summed E-state index contributed by atoms with van der Waals surface area (Å²) in [4.78, 5) is 14.3. The van der Waals surface area contributed by atoms with Gasteiger partial charge in [-0.1, -0.05) is 39.7 Å². The van der Waals surface area contributed by atoms with Crippen molar-refractivity contribution in [3.05, 3.63) is 63.8 Å². The number of nitrogens with one attached hydrogen (secondary N) is 1. The Morgan fingerprint density at radius 3 is 2.68 bits per heavy atom. The van der Waals surface area contributed by atoms with Crippen LogP contribution in [0.3, 0.4) is 0 Å². The van der Waals surface area contributed by atoms with Gasteiger partial charge in [0.1, 0.15) is 0 Å². The van der Waals surface area contributed by atoms with Crippen molar-refractivity contribution < 1.29 is 4.79 Å².